The Morgan fingerprint density at radius 3 is 2.93 bits per heavy atom. The van der Waals surface area contributed by atoms with Crippen molar-refractivity contribution in [2.75, 3.05) is 19.8 Å². The van der Waals surface area contributed by atoms with Gasteiger partial charge in [-0.1, -0.05) is 24.0 Å². The molecule has 0 spiro atoms. The van der Waals surface area contributed by atoms with Crippen LogP contribution in [0.3, 0.4) is 0 Å². The number of ether oxygens (including phenoxy) is 1. The summed E-state index contributed by atoms with van der Waals surface area (Å²) in [4.78, 5) is 23.2. The minimum absolute atomic E-state index is 0.177. The first-order valence-corrected chi connectivity index (χ1v) is 9.55. The summed E-state index contributed by atoms with van der Waals surface area (Å²) in [6, 6.07) is 9.21. The summed E-state index contributed by atoms with van der Waals surface area (Å²) in [5.74, 6) is 4.96. The van der Waals surface area contributed by atoms with E-state index in [9.17, 15) is 14.3 Å². The summed E-state index contributed by atoms with van der Waals surface area (Å²) in [7, 11) is 0. The van der Waals surface area contributed by atoms with Crippen LogP contribution in [-0.2, 0) is 9.57 Å². The summed E-state index contributed by atoms with van der Waals surface area (Å²) < 4.78 is 20.3. The Labute approximate surface area is 171 Å². The molecule has 2 aliphatic heterocycles. The first kappa shape index (κ1) is 18.8. The van der Waals surface area contributed by atoms with Crippen molar-refractivity contribution in [2.24, 2.45) is 0 Å². The van der Waals surface area contributed by atoms with Crippen LogP contribution in [0.2, 0.25) is 0 Å². The molecule has 0 bridgehead atoms. The lowest BCUT2D eigenvalue weighted by Crippen LogP contribution is -2.48. The number of hydrogen-bond acceptors (Lipinski definition) is 5. The fraction of sp³-hybridized carbons (Fsp3) is 0.273. The third-order valence-corrected chi connectivity index (χ3v) is 5.18. The van der Waals surface area contributed by atoms with Gasteiger partial charge in [-0.3, -0.25) is 14.0 Å². The van der Waals surface area contributed by atoms with E-state index < -0.39 is 5.60 Å². The fourth-order valence-corrected chi connectivity index (χ4v) is 3.58. The van der Waals surface area contributed by atoms with Crippen molar-refractivity contribution in [3.8, 4) is 11.8 Å². The van der Waals surface area contributed by atoms with Gasteiger partial charge in [-0.25, -0.2) is 14.4 Å². The van der Waals surface area contributed by atoms with E-state index in [0.717, 1.165) is 0 Å². The van der Waals surface area contributed by atoms with Gasteiger partial charge in [-0.15, -0.1) is 0 Å². The molecule has 152 valence electrons. The minimum Gasteiger partial charge on any atom is -0.373 e. The highest BCUT2D eigenvalue weighted by Crippen LogP contribution is 2.32. The lowest BCUT2D eigenvalue weighted by Gasteiger charge is -2.30. The Bertz CT molecular complexity index is 1190. The van der Waals surface area contributed by atoms with Gasteiger partial charge in [0.15, 0.2) is 5.60 Å². The summed E-state index contributed by atoms with van der Waals surface area (Å²) in [6.45, 7) is 0.721. The Hall–Kier alpha value is -3.25. The zero-order valence-electron chi connectivity index (χ0n) is 15.9. The van der Waals surface area contributed by atoms with Crippen molar-refractivity contribution in [2.45, 2.75) is 18.1 Å². The van der Waals surface area contributed by atoms with Crippen LogP contribution in [0.5, 0.6) is 0 Å². The second-order valence-corrected chi connectivity index (χ2v) is 7.39. The van der Waals surface area contributed by atoms with Crippen molar-refractivity contribution < 1.29 is 23.9 Å². The zero-order valence-corrected chi connectivity index (χ0v) is 15.9. The number of hydrogen-bond donors (Lipinski definition) is 1. The van der Waals surface area contributed by atoms with Crippen LogP contribution in [0.25, 0.3) is 5.65 Å². The number of aromatic nitrogens is 2. The molecule has 2 fully saturated rings. The number of halogens is 1. The molecule has 1 aromatic carbocycles. The molecule has 1 N–H and O–H groups in total. The van der Waals surface area contributed by atoms with Crippen LogP contribution >= 0.6 is 0 Å². The molecule has 2 saturated heterocycles. The summed E-state index contributed by atoms with van der Waals surface area (Å²) in [5.41, 5.74) is 1.04. The Morgan fingerprint density at radius 2 is 2.17 bits per heavy atom. The Balaban J connectivity index is 1.46. The smallest absolute Gasteiger partial charge is 0.295 e. The van der Waals surface area contributed by atoms with Gasteiger partial charge in [0, 0.05) is 18.8 Å². The quantitative estimate of drug-likeness (QED) is 0.659. The van der Waals surface area contributed by atoms with Gasteiger partial charge in [0.05, 0.1) is 31.4 Å². The van der Waals surface area contributed by atoms with E-state index in [1.54, 1.807) is 41.1 Å². The van der Waals surface area contributed by atoms with Gasteiger partial charge in [-0.2, -0.15) is 0 Å². The molecule has 4 heterocycles. The maximum Gasteiger partial charge on any atom is 0.295 e. The predicted octanol–water partition coefficient (Wildman–Crippen LogP) is 2.11. The standard InChI is InChI=1S/C22H18FN3O4/c23-17-3-1-2-16(10-17)18-7-9-30-26(18)21(27)19-4-5-20-24-11-15(12-25(19)20)6-8-22(28)13-29-14-22/h1-5,10-12,18,28H,7,9,13-14H2. The monoisotopic (exact) mass is 407 g/mol. The Morgan fingerprint density at radius 1 is 1.30 bits per heavy atom. The Kier molecular flexibility index (Phi) is 4.51. The summed E-state index contributed by atoms with van der Waals surface area (Å²) in [5, 5.41) is 11.4. The van der Waals surface area contributed by atoms with Gasteiger partial charge < -0.3 is 9.84 Å². The van der Waals surface area contributed by atoms with Crippen molar-refractivity contribution in [3.63, 3.8) is 0 Å². The molecule has 1 atom stereocenters. The van der Waals surface area contributed by atoms with E-state index in [4.69, 9.17) is 9.57 Å². The first-order chi connectivity index (χ1) is 14.5. The van der Waals surface area contributed by atoms with Crippen LogP contribution in [0.4, 0.5) is 4.39 Å². The molecule has 30 heavy (non-hydrogen) atoms. The molecule has 3 aromatic rings. The largest absolute Gasteiger partial charge is 0.373 e. The number of carbonyl (C=O) groups excluding carboxylic acids is 1. The molecule has 2 aromatic heterocycles. The molecule has 0 aliphatic carbocycles. The van der Waals surface area contributed by atoms with Crippen molar-refractivity contribution in [1.82, 2.24) is 14.4 Å². The topological polar surface area (TPSA) is 76.3 Å². The summed E-state index contributed by atoms with van der Waals surface area (Å²) >= 11 is 0. The van der Waals surface area contributed by atoms with Gasteiger partial charge >= 0.3 is 0 Å². The van der Waals surface area contributed by atoms with Gasteiger partial charge in [0.1, 0.15) is 17.2 Å². The molecule has 1 amide bonds. The predicted molar refractivity (Wildman–Crippen MR) is 104 cm³/mol. The van der Waals surface area contributed by atoms with Crippen LogP contribution in [-0.4, -0.2) is 50.9 Å². The molecule has 5 rings (SSSR count). The van der Waals surface area contributed by atoms with Crippen molar-refractivity contribution in [1.29, 1.82) is 0 Å². The molecule has 8 heteroatoms. The number of aliphatic hydroxyl groups is 1. The maximum absolute atomic E-state index is 13.7. The van der Waals surface area contributed by atoms with E-state index in [0.29, 0.717) is 35.5 Å². The number of carbonyl (C=O) groups is 1. The van der Waals surface area contributed by atoms with Crippen LogP contribution in [0.15, 0.2) is 48.8 Å². The highest BCUT2D eigenvalue weighted by Gasteiger charge is 2.35. The van der Waals surface area contributed by atoms with E-state index in [-0.39, 0.29) is 31.0 Å². The second kappa shape index (κ2) is 7.22. The minimum atomic E-state index is -1.13. The van der Waals surface area contributed by atoms with Crippen molar-refractivity contribution >= 4 is 11.6 Å². The average molecular weight is 407 g/mol. The number of benzene rings is 1. The third kappa shape index (κ3) is 3.33. The highest BCUT2D eigenvalue weighted by atomic mass is 19.1. The average Bonchev–Trinajstić information content (AvgIpc) is 3.37. The number of fused-ring (bicyclic) bond motifs is 1. The number of rotatable bonds is 2. The third-order valence-electron chi connectivity index (χ3n) is 5.18. The van der Waals surface area contributed by atoms with Gasteiger partial charge in [0.2, 0.25) is 0 Å². The fourth-order valence-electron chi connectivity index (χ4n) is 3.58. The van der Waals surface area contributed by atoms with Crippen LogP contribution < -0.4 is 0 Å². The lowest BCUT2D eigenvalue weighted by atomic mass is 10.0. The van der Waals surface area contributed by atoms with Gasteiger partial charge in [-0.05, 0) is 29.8 Å². The summed E-state index contributed by atoms with van der Waals surface area (Å²) in [6.07, 6.45) is 3.86. The van der Waals surface area contributed by atoms with Crippen molar-refractivity contribution in [3.05, 3.63) is 71.4 Å². The number of nitrogens with zero attached hydrogens (tertiary/aromatic N) is 3. The molecular weight excluding hydrogens is 389 g/mol. The van der Waals surface area contributed by atoms with E-state index >= 15 is 0 Å². The first-order valence-electron chi connectivity index (χ1n) is 9.55. The van der Waals surface area contributed by atoms with Crippen LogP contribution in [0, 0.1) is 17.7 Å². The lowest BCUT2D eigenvalue weighted by molar-refractivity contribution is -0.140. The number of amides is 1. The zero-order chi connectivity index (χ0) is 20.7. The number of hydroxylamine groups is 2. The van der Waals surface area contributed by atoms with E-state index in [1.165, 1.54) is 17.2 Å². The molecule has 0 radical (unpaired) electrons. The molecular formula is C22H18FN3O4. The maximum atomic E-state index is 13.7. The molecule has 0 saturated carbocycles. The molecule has 7 nitrogen and oxygen atoms in total. The SMILES string of the molecule is O=C(c1ccc2ncc(C#CC3(O)COC3)cn12)N1OCCC1c1cccc(F)c1. The molecule has 1 unspecified atom stereocenters. The highest BCUT2D eigenvalue weighted by molar-refractivity contribution is 5.93. The normalized spacial score (nSPS) is 19.9. The van der Waals surface area contributed by atoms with E-state index in [2.05, 4.69) is 16.8 Å². The van der Waals surface area contributed by atoms with E-state index in [1.807, 2.05) is 0 Å². The van der Waals surface area contributed by atoms with Crippen LogP contribution in [0.1, 0.15) is 34.1 Å². The molecule has 2 aliphatic rings. The van der Waals surface area contributed by atoms with Gasteiger partial charge in [0.25, 0.3) is 5.91 Å². The second-order valence-electron chi connectivity index (χ2n) is 7.39.